The van der Waals surface area contributed by atoms with Gasteiger partial charge in [-0.05, 0) is 6.92 Å². The summed E-state index contributed by atoms with van der Waals surface area (Å²) in [5, 5.41) is 19.7. The zero-order chi connectivity index (χ0) is 11.6. The molecule has 1 aromatic carbocycles. The van der Waals surface area contributed by atoms with E-state index in [1.165, 1.54) is 14.0 Å². The number of nitro groups is 1. The quantitative estimate of drug-likeness (QED) is 0.616. The molecule has 0 bridgehead atoms. The van der Waals surface area contributed by atoms with Crippen LogP contribution in [-0.4, -0.2) is 17.1 Å². The predicted molar refractivity (Wildman–Crippen MR) is 50.2 cm³/mol. The van der Waals surface area contributed by atoms with Crippen molar-refractivity contribution in [3.63, 3.8) is 0 Å². The van der Waals surface area contributed by atoms with Crippen LogP contribution < -0.4 is 4.74 Å². The number of aliphatic hydroxyl groups is 1. The average molecular weight is 215 g/mol. The third kappa shape index (κ3) is 2.21. The van der Waals surface area contributed by atoms with Gasteiger partial charge in [0.1, 0.15) is 0 Å². The van der Waals surface area contributed by atoms with E-state index in [0.29, 0.717) is 0 Å². The molecule has 1 aromatic rings. The summed E-state index contributed by atoms with van der Waals surface area (Å²) in [5.41, 5.74) is -0.353. The lowest BCUT2D eigenvalue weighted by Gasteiger charge is -2.11. The molecule has 0 aliphatic carbocycles. The molecule has 0 aliphatic heterocycles. The van der Waals surface area contributed by atoms with E-state index in [9.17, 15) is 19.6 Å². The second-order valence-corrected chi connectivity index (χ2v) is 2.98. The number of methoxy groups -OCH3 is 1. The van der Waals surface area contributed by atoms with Gasteiger partial charge in [0.15, 0.2) is 11.6 Å². The first-order chi connectivity index (χ1) is 6.97. The molecule has 1 atom stereocenters. The topological polar surface area (TPSA) is 72.6 Å². The number of non-ortho nitro benzene ring substituents is 1. The number of hydrogen-bond donors (Lipinski definition) is 1. The first kappa shape index (κ1) is 11.4. The van der Waals surface area contributed by atoms with Crippen LogP contribution in [0.1, 0.15) is 18.6 Å². The summed E-state index contributed by atoms with van der Waals surface area (Å²) in [4.78, 5) is 9.72. The lowest BCUT2D eigenvalue weighted by Crippen LogP contribution is -2.01. The van der Waals surface area contributed by atoms with Crippen LogP contribution in [0.3, 0.4) is 0 Å². The Hall–Kier alpha value is -1.69. The number of nitrogens with zero attached hydrogens (tertiary/aromatic N) is 1. The van der Waals surface area contributed by atoms with E-state index < -0.39 is 22.5 Å². The van der Waals surface area contributed by atoms with Crippen molar-refractivity contribution in [1.29, 1.82) is 0 Å². The lowest BCUT2D eigenvalue weighted by atomic mass is 10.1. The van der Waals surface area contributed by atoms with Crippen LogP contribution in [0.15, 0.2) is 12.1 Å². The fourth-order valence-corrected chi connectivity index (χ4v) is 1.23. The second kappa shape index (κ2) is 4.22. The van der Waals surface area contributed by atoms with Gasteiger partial charge in [-0.1, -0.05) is 0 Å². The molecule has 82 valence electrons. The number of benzene rings is 1. The minimum Gasteiger partial charge on any atom is -0.493 e. The normalized spacial score (nSPS) is 12.3. The van der Waals surface area contributed by atoms with Crippen LogP contribution in [0.2, 0.25) is 0 Å². The number of nitro benzene ring substituents is 1. The molecule has 5 nitrogen and oxygen atoms in total. The van der Waals surface area contributed by atoms with Crippen LogP contribution in [-0.2, 0) is 0 Å². The number of hydrogen-bond acceptors (Lipinski definition) is 4. The molecule has 1 rings (SSSR count). The SMILES string of the molecule is COc1c(F)cc([N+](=O)[O-])cc1C(C)O. The molecule has 0 radical (unpaired) electrons. The number of ether oxygens (including phenoxy) is 1. The first-order valence-corrected chi connectivity index (χ1v) is 4.17. The minimum atomic E-state index is -1.03. The van der Waals surface area contributed by atoms with Gasteiger partial charge in [0, 0.05) is 11.6 Å². The van der Waals surface area contributed by atoms with Gasteiger partial charge in [-0.15, -0.1) is 0 Å². The minimum absolute atomic E-state index is 0.0594. The van der Waals surface area contributed by atoms with Crippen LogP contribution in [0, 0.1) is 15.9 Å². The van der Waals surface area contributed by atoms with E-state index in [0.717, 1.165) is 12.1 Å². The van der Waals surface area contributed by atoms with Crippen molar-refractivity contribution in [2.75, 3.05) is 7.11 Å². The Kier molecular flexibility index (Phi) is 3.21. The maximum Gasteiger partial charge on any atom is 0.273 e. The summed E-state index contributed by atoms with van der Waals surface area (Å²) in [6.07, 6.45) is -1.03. The van der Waals surface area contributed by atoms with E-state index in [1.807, 2.05) is 0 Å². The largest absolute Gasteiger partial charge is 0.493 e. The molecule has 0 heterocycles. The lowest BCUT2D eigenvalue weighted by molar-refractivity contribution is -0.385. The van der Waals surface area contributed by atoms with Crippen LogP contribution >= 0.6 is 0 Å². The van der Waals surface area contributed by atoms with Crippen molar-refractivity contribution in [1.82, 2.24) is 0 Å². The molecule has 15 heavy (non-hydrogen) atoms. The summed E-state index contributed by atoms with van der Waals surface area (Å²) in [5.74, 6) is -1.03. The van der Waals surface area contributed by atoms with Crippen LogP contribution in [0.5, 0.6) is 5.75 Å². The summed E-state index contributed by atoms with van der Waals surface area (Å²) >= 11 is 0. The van der Waals surface area contributed by atoms with E-state index >= 15 is 0 Å². The first-order valence-electron chi connectivity index (χ1n) is 4.17. The molecule has 0 amide bonds. The highest BCUT2D eigenvalue weighted by molar-refractivity contribution is 5.46. The zero-order valence-corrected chi connectivity index (χ0v) is 8.23. The van der Waals surface area contributed by atoms with Gasteiger partial charge >= 0.3 is 0 Å². The van der Waals surface area contributed by atoms with E-state index in [-0.39, 0.29) is 11.3 Å². The van der Waals surface area contributed by atoms with Crippen molar-refractivity contribution in [3.05, 3.63) is 33.6 Å². The fraction of sp³-hybridized carbons (Fsp3) is 0.333. The van der Waals surface area contributed by atoms with Crippen molar-refractivity contribution >= 4 is 5.69 Å². The summed E-state index contributed by atoms with van der Waals surface area (Å²) in [7, 11) is 1.23. The zero-order valence-electron chi connectivity index (χ0n) is 8.23. The van der Waals surface area contributed by atoms with E-state index in [1.54, 1.807) is 0 Å². The van der Waals surface area contributed by atoms with Gasteiger partial charge in [0.2, 0.25) is 0 Å². The Morgan fingerprint density at radius 3 is 2.60 bits per heavy atom. The fourth-order valence-electron chi connectivity index (χ4n) is 1.23. The highest BCUT2D eigenvalue weighted by atomic mass is 19.1. The van der Waals surface area contributed by atoms with Gasteiger partial charge in [0.25, 0.3) is 5.69 Å². The summed E-state index contributed by atoms with van der Waals surface area (Å²) in [6.45, 7) is 1.38. The number of rotatable bonds is 3. The van der Waals surface area contributed by atoms with Crippen molar-refractivity contribution < 1.29 is 19.2 Å². The smallest absolute Gasteiger partial charge is 0.273 e. The molecule has 0 spiro atoms. The Bertz CT molecular complexity index is 392. The third-order valence-corrected chi connectivity index (χ3v) is 1.92. The summed E-state index contributed by atoms with van der Waals surface area (Å²) < 4.78 is 18.0. The van der Waals surface area contributed by atoms with Crippen molar-refractivity contribution in [2.45, 2.75) is 13.0 Å². The highest BCUT2D eigenvalue weighted by Gasteiger charge is 2.19. The molecule has 0 saturated carbocycles. The molecular weight excluding hydrogens is 205 g/mol. The molecule has 0 fully saturated rings. The molecule has 1 unspecified atom stereocenters. The van der Waals surface area contributed by atoms with Crippen molar-refractivity contribution in [3.8, 4) is 5.75 Å². The Morgan fingerprint density at radius 1 is 1.60 bits per heavy atom. The van der Waals surface area contributed by atoms with Crippen molar-refractivity contribution in [2.24, 2.45) is 0 Å². The molecule has 0 saturated heterocycles. The molecule has 1 N–H and O–H groups in total. The monoisotopic (exact) mass is 215 g/mol. The predicted octanol–water partition coefficient (Wildman–Crippen LogP) is 1.80. The Balaban J connectivity index is 3.38. The van der Waals surface area contributed by atoms with E-state index in [4.69, 9.17) is 4.74 Å². The van der Waals surface area contributed by atoms with Gasteiger partial charge in [-0.25, -0.2) is 4.39 Å². The summed E-state index contributed by atoms with van der Waals surface area (Å²) in [6, 6.07) is 1.84. The molecule has 6 heteroatoms. The highest BCUT2D eigenvalue weighted by Crippen LogP contribution is 2.32. The maximum absolute atomic E-state index is 13.3. The Labute approximate surface area is 85.3 Å². The van der Waals surface area contributed by atoms with Crippen LogP contribution in [0.25, 0.3) is 0 Å². The number of halogens is 1. The average Bonchev–Trinajstić information content (AvgIpc) is 2.16. The van der Waals surface area contributed by atoms with Gasteiger partial charge in [-0.3, -0.25) is 10.1 Å². The van der Waals surface area contributed by atoms with Gasteiger partial charge in [0.05, 0.1) is 24.2 Å². The number of aliphatic hydroxyl groups excluding tert-OH is 1. The van der Waals surface area contributed by atoms with Crippen LogP contribution in [0.4, 0.5) is 10.1 Å². The standard InChI is InChI=1S/C9H10FNO4/c1-5(12)7-3-6(11(13)14)4-8(10)9(7)15-2/h3-5,12H,1-2H3. The van der Waals surface area contributed by atoms with Gasteiger partial charge < -0.3 is 9.84 Å². The Morgan fingerprint density at radius 2 is 2.20 bits per heavy atom. The maximum atomic E-state index is 13.3. The second-order valence-electron chi connectivity index (χ2n) is 2.98. The van der Waals surface area contributed by atoms with Gasteiger partial charge in [-0.2, -0.15) is 0 Å². The molecule has 0 aliphatic rings. The third-order valence-electron chi connectivity index (χ3n) is 1.92. The van der Waals surface area contributed by atoms with E-state index in [2.05, 4.69) is 0 Å². The molecular formula is C9H10FNO4. The molecule has 0 aromatic heterocycles.